The number of carbonyl (C=O) groups is 1. The number of carbonyl (C=O) groups excluding carboxylic acids is 1. The highest BCUT2D eigenvalue weighted by Crippen LogP contribution is 2.19. The molecule has 0 aromatic heterocycles. The van der Waals surface area contributed by atoms with Crippen molar-refractivity contribution >= 4 is 11.6 Å². The average molecular weight is 290 g/mol. The Balaban J connectivity index is 2.24. The molecule has 0 radical (unpaired) electrons. The topological polar surface area (TPSA) is 55.1 Å². The Kier molecular flexibility index (Phi) is 4.33. The van der Waals surface area contributed by atoms with Crippen molar-refractivity contribution in [3.8, 4) is 0 Å². The number of rotatable bonds is 3. The summed E-state index contributed by atoms with van der Waals surface area (Å²) >= 11 is 0. The third kappa shape index (κ3) is 3.25. The molecular formula is C16H16F2N2O. The van der Waals surface area contributed by atoms with E-state index in [1.165, 1.54) is 13.0 Å². The third-order valence-electron chi connectivity index (χ3n) is 3.21. The fourth-order valence-electron chi connectivity index (χ4n) is 1.93. The van der Waals surface area contributed by atoms with Crippen LogP contribution in [0.2, 0.25) is 0 Å². The van der Waals surface area contributed by atoms with Gasteiger partial charge >= 0.3 is 0 Å². The molecule has 0 saturated heterocycles. The Morgan fingerprint density at radius 2 is 1.76 bits per heavy atom. The van der Waals surface area contributed by atoms with Gasteiger partial charge in [-0.3, -0.25) is 4.79 Å². The number of amides is 1. The maximum absolute atomic E-state index is 13.9. The molecule has 0 spiro atoms. The summed E-state index contributed by atoms with van der Waals surface area (Å²) in [4.78, 5) is 12.0. The van der Waals surface area contributed by atoms with Gasteiger partial charge in [0.2, 0.25) is 0 Å². The lowest BCUT2D eigenvalue weighted by molar-refractivity contribution is 0.101. The van der Waals surface area contributed by atoms with Gasteiger partial charge in [0.05, 0.1) is 0 Å². The lowest BCUT2D eigenvalue weighted by Gasteiger charge is -2.10. The molecule has 5 heteroatoms. The summed E-state index contributed by atoms with van der Waals surface area (Å²) in [6.45, 7) is 3.31. The van der Waals surface area contributed by atoms with Crippen molar-refractivity contribution in [2.45, 2.75) is 19.9 Å². The molecule has 1 amide bonds. The van der Waals surface area contributed by atoms with E-state index < -0.39 is 23.1 Å². The Hall–Kier alpha value is -2.27. The molecule has 0 aliphatic carbocycles. The number of benzene rings is 2. The lowest BCUT2D eigenvalue weighted by Crippen LogP contribution is -2.16. The Morgan fingerprint density at radius 3 is 2.33 bits per heavy atom. The van der Waals surface area contributed by atoms with E-state index in [1.807, 2.05) is 6.92 Å². The van der Waals surface area contributed by atoms with Gasteiger partial charge < -0.3 is 11.1 Å². The highest BCUT2D eigenvalue weighted by atomic mass is 19.1. The Morgan fingerprint density at radius 1 is 1.14 bits per heavy atom. The third-order valence-corrected chi connectivity index (χ3v) is 3.21. The van der Waals surface area contributed by atoms with E-state index in [1.54, 1.807) is 24.3 Å². The summed E-state index contributed by atoms with van der Waals surface area (Å²) in [6, 6.07) is 9.03. The molecule has 0 bridgehead atoms. The molecule has 3 N–H and O–H groups in total. The number of nitrogens with one attached hydrogen (secondary N) is 1. The minimum Gasteiger partial charge on any atom is -0.324 e. The molecule has 1 atom stereocenters. The van der Waals surface area contributed by atoms with Gasteiger partial charge in [-0.25, -0.2) is 8.78 Å². The Bertz CT molecular complexity index is 667. The summed E-state index contributed by atoms with van der Waals surface area (Å²) < 4.78 is 27.5. The van der Waals surface area contributed by atoms with Crippen molar-refractivity contribution in [3.05, 3.63) is 64.7 Å². The molecular weight excluding hydrogens is 274 g/mol. The van der Waals surface area contributed by atoms with Crippen molar-refractivity contribution in [1.29, 1.82) is 0 Å². The van der Waals surface area contributed by atoms with E-state index in [-0.39, 0.29) is 11.6 Å². The molecule has 3 nitrogen and oxygen atoms in total. The first-order chi connectivity index (χ1) is 9.90. The van der Waals surface area contributed by atoms with Crippen LogP contribution in [0.25, 0.3) is 0 Å². The second kappa shape index (κ2) is 6.01. The van der Waals surface area contributed by atoms with Crippen molar-refractivity contribution in [2.24, 2.45) is 5.73 Å². The molecule has 2 aromatic carbocycles. The second-order valence-electron chi connectivity index (χ2n) is 4.92. The summed E-state index contributed by atoms with van der Waals surface area (Å²) in [5, 5.41) is 2.47. The largest absolute Gasteiger partial charge is 0.324 e. The first kappa shape index (κ1) is 15.1. The highest BCUT2D eigenvalue weighted by Gasteiger charge is 2.19. The summed E-state index contributed by atoms with van der Waals surface area (Å²) in [6.07, 6.45) is 0. The SMILES string of the molecule is Cc1ccc(F)c(C(=O)Nc2ccc(C(C)N)cc2)c1F. The maximum atomic E-state index is 13.9. The molecule has 0 aliphatic heterocycles. The van der Waals surface area contributed by atoms with Crippen molar-refractivity contribution in [2.75, 3.05) is 5.32 Å². The summed E-state index contributed by atoms with van der Waals surface area (Å²) in [5.41, 5.74) is 6.72. The van der Waals surface area contributed by atoms with Crippen molar-refractivity contribution in [1.82, 2.24) is 0 Å². The normalized spacial score (nSPS) is 12.0. The van der Waals surface area contributed by atoms with Crippen LogP contribution in [0.15, 0.2) is 36.4 Å². The zero-order valence-corrected chi connectivity index (χ0v) is 11.8. The number of aryl methyl sites for hydroxylation is 1. The molecule has 0 aliphatic rings. The predicted molar refractivity (Wildman–Crippen MR) is 78.1 cm³/mol. The fourth-order valence-corrected chi connectivity index (χ4v) is 1.93. The molecule has 110 valence electrons. The maximum Gasteiger partial charge on any atom is 0.261 e. The van der Waals surface area contributed by atoms with Crippen LogP contribution >= 0.6 is 0 Å². The first-order valence-electron chi connectivity index (χ1n) is 6.51. The van der Waals surface area contributed by atoms with Gasteiger partial charge in [0.1, 0.15) is 17.2 Å². The predicted octanol–water partition coefficient (Wildman–Crippen LogP) is 3.55. The van der Waals surface area contributed by atoms with Crippen LogP contribution in [0.4, 0.5) is 14.5 Å². The van der Waals surface area contributed by atoms with Gasteiger partial charge in [0.25, 0.3) is 5.91 Å². The van der Waals surface area contributed by atoms with Gasteiger partial charge in [0.15, 0.2) is 0 Å². The van der Waals surface area contributed by atoms with Crippen LogP contribution in [0.3, 0.4) is 0 Å². The number of anilines is 1. The average Bonchev–Trinajstić information content (AvgIpc) is 2.44. The van der Waals surface area contributed by atoms with Gasteiger partial charge in [-0.1, -0.05) is 18.2 Å². The van der Waals surface area contributed by atoms with Crippen molar-refractivity contribution < 1.29 is 13.6 Å². The van der Waals surface area contributed by atoms with E-state index in [2.05, 4.69) is 5.32 Å². The van der Waals surface area contributed by atoms with Crippen LogP contribution in [-0.2, 0) is 0 Å². The molecule has 2 aromatic rings. The quantitative estimate of drug-likeness (QED) is 0.908. The standard InChI is InChI=1S/C16H16F2N2O/c1-9-3-8-13(17)14(15(9)18)16(21)20-12-6-4-11(5-7-12)10(2)19/h3-8,10H,19H2,1-2H3,(H,20,21). The minimum absolute atomic E-state index is 0.124. The van der Waals surface area contributed by atoms with Crippen LogP contribution in [0.1, 0.15) is 34.5 Å². The molecule has 0 fully saturated rings. The monoisotopic (exact) mass is 290 g/mol. The zero-order valence-electron chi connectivity index (χ0n) is 11.8. The molecule has 2 rings (SSSR count). The highest BCUT2D eigenvalue weighted by molar-refractivity contribution is 6.04. The number of hydrogen-bond acceptors (Lipinski definition) is 2. The number of hydrogen-bond donors (Lipinski definition) is 2. The van der Waals surface area contributed by atoms with E-state index in [4.69, 9.17) is 5.73 Å². The summed E-state index contributed by atoms with van der Waals surface area (Å²) in [7, 11) is 0. The van der Waals surface area contributed by atoms with Gasteiger partial charge in [-0.15, -0.1) is 0 Å². The van der Waals surface area contributed by atoms with Gasteiger partial charge in [-0.05, 0) is 43.2 Å². The number of nitrogens with two attached hydrogens (primary N) is 1. The molecule has 1 unspecified atom stereocenters. The van der Waals surface area contributed by atoms with Gasteiger partial charge in [0, 0.05) is 11.7 Å². The van der Waals surface area contributed by atoms with Crippen LogP contribution in [0.5, 0.6) is 0 Å². The molecule has 21 heavy (non-hydrogen) atoms. The van der Waals surface area contributed by atoms with Crippen LogP contribution in [-0.4, -0.2) is 5.91 Å². The van der Waals surface area contributed by atoms with Crippen LogP contribution in [0, 0.1) is 18.6 Å². The van der Waals surface area contributed by atoms with E-state index in [0.717, 1.165) is 11.6 Å². The van der Waals surface area contributed by atoms with E-state index >= 15 is 0 Å². The smallest absolute Gasteiger partial charge is 0.261 e. The molecule has 0 heterocycles. The van der Waals surface area contributed by atoms with E-state index in [0.29, 0.717) is 5.69 Å². The van der Waals surface area contributed by atoms with Crippen LogP contribution < -0.4 is 11.1 Å². The Labute approximate surface area is 121 Å². The first-order valence-corrected chi connectivity index (χ1v) is 6.51. The zero-order chi connectivity index (χ0) is 15.6. The molecule has 0 saturated carbocycles. The summed E-state index contributed by atoms with van der Waals surface area (Å²) in [5.74, 6) is -2.55. The second-order valence-corrected chi connectivity index (χ2v) is 4.92. The van der Waals surface area contributed by atoms with Gasteiger partial charge in [-0.2, -0.15) is 0 Å². The lowest BCUT2D eigenvalue weighted by atomic mass is 10.1. The minimum atomic E-state index is -0.886. The fraction of sp³-hybridized carbons (Fsp3) is 0.188. The van der Waals surface area contributed by atoms with E-state index in [9.17, 15) is 13.6 Å². The van der Waals surface area contributed by atoms with Crippen molar-refractivity contribution in [3.63, 3.8) is 0 Å². The number of halogens is 2.